The van der Waals surface area contributed by atoms with Crippen LogP contribution in [0.3, 0.4) is 0 Å². The number of carbonyl (C=O) groups is 4. The maximum absolute atomic E-state index is 12.4. The van der Waals surface area contributed by atoms with Crippen molar-refractivity contribution < 1.29 is 19.2 Å². The Bertz CT molecular complexity index is 2810. The lowest BCUT2D eigenvalue weighted by Gasteiger charge is -2.16. The average Bonchev–Trinajstić information content (AvgIpc) is 3.37. The molecule has 0 aliphatic heterocycles. The molecule has 5 aromatic rings. The van der Waals surface area contributed by atoms with Gasteiger partial charge in [-0.25, -0.2) is 0 Å². The number of Topliss-reactive ketones (excluding diaryl/α,β-unsaturated/α-hetero) is 4. The van der Waals surface area contributed by atoms with Crippen molar-refractivity contribution in [1.29, 1.82) is 0 Å². The predicted molar refractivity (Wildman–Crippen MR) is 336 cm³/mol. The van der Waals surface area contributed by atoms with Crippen LogP contribution in [0.1, 0.15) is 88.8 Å². The quantitative estimate of drug-likeness (QED) is 0.0672. The van der Waals surface area contributed by atoms with Crippen LogP contribution in [0.25, 0.3) is 35.4 Å². The first-order chi connectivity index (χ1) is 36.6. The second-order valence-corrected chi connectivity index (χ2v) is 22.7. The molecular weight excluding hydrogens is 1010 g/mol. The molecule has 0 aliphatic rings. The zero-order valence-electron chi connectivity index (χ0n) is 50.2. The van der Waals surface area contributed by atoms with Crippen LogP contribution in [0.15, 0.2) is 144 Å². The molecule has 4 atom stereocenters. The van der Waals surface area contributed by atoms with Crippen molar-refractivity contribution in [3.63, 3.8) is 0 Å². The molecule has 0 aromatic heterocycles. The number of rotatable bonds is 21. The van der Waals surface area contributed by atoms with E-state index in [1.807, 2.05) is 204 Å². The molecule has 0 N–H and O–H groups in total. The third kappa shape index (κ3) is 26.2. The van der Waals surface area contributed by atoms with Crippen molar-refractivity contribution in [2.24, 2.45) is 23.7 Å². The van der Waals surface area contributed by atoms with Crippen LogP contribution in [0.2, 0.25) is 10.0 Å². The van der Waals surface area contributed by atoms with Crippen LogP contribution < -0.4 is 0 Å². The lowest BCUT2D eigenvalue weighted by atomic mass is 9.97. The van der Waals surface area contributed by atoms with Crippen LogP contribution in [-0.4, -0.2) is 125 Å². The molecule has 420 valence electrons. The summed E-state index contributed by atoms with van der Waals surface area (Å²) in [5.41, 5.74) is 12.2. The SMILES string of the molecule is C/C(=C\c1ccc(-c2ccccc2)cc1)C(=O)C(C)CN(C)C.C/C(=C\c1ccc(C)cc1)C(=O)C(C)CN(C)C.C/C(=C\c1ccc(Cl)c(Cl)c1)C(=O)C(C)CN(C)C.C/C(=C\c1cccc(C)c1)C(=O)C(C)CN(C)C. The molecule has 4 unspecified atom stereocenters. The monoisotopic (exact) mass is 1100 g/mol. The van der Waals surface area contributed by atoms with Crippen LogP contribution in [0.4, 0.5) is 0 Å². The van der Waals surface area contributed by atoms with Crippen molar-refractivity contribution in [3.8, 4) is 11.1 Å². The maximum atomic E-state index is 12.4. The molecule has 0 spiro atoms. The van der Waals surface area contributed by atoms with E-state index in [-0.39, 0.29) is 46.8 Å². The molecule has 0 heterocycles. The van der Waals surface area contributed by atoms with Crippen LogP contribution in [0, 0.1) is 37.5 Å². The molecule has 0 fully saturated rings. The number of hydrogen-bond donors (Lipinski definition) is 0. The molecular formula is C68H90Cl2N4O4. The van der Waals surface area contributed by atoms with E-state index in [4.69, 9.17) is 23.2 Å². The van der Waals surface area contributed by atoms with Gasteiger partial charge in [-0.2, -0.15) is 0 Å². The van der Waals surface area contributed by atoms with Gasteiger partial charge >= 0.3 is 0 Å². The van der Waals surface area contributed by atoms with E-state index in [2.05, 4.69) is 74.5 Å². The lowest BCUT2D eigenvalue weighted by Crippen LogP contribution is -2.26. The number of nitrogens with zero attached hydrogens (tertiary/aromatic N) is 4. The van der Waals surface area contributed by atoms with Crippen molar-refractivity contribution in [2.45, 2.75) is 69.2 Å². The van der Waals surface area contributed by atoms with Gasteiger partial charge in [-0.1, -0.05) is 171 Å². The minimum absolute atomic E-state index is 0.0184. The van der Waals surface area contributed by atoms with E-state index >= 15 is 0 Å². The van der Waals surface area contributed by atoms with Gasteiger partial charge in [0.05, 0.1) is 10.0 Å². The third-order valence-electron chi connectivity index (χ3n) is 12.5. The molecule has 0 radical (unpaired) electrons. The number of hydrogen-bond acceptors (Lipinski definition) is 8. The zero-order chi connectivity index (χ0) is 58.8. The minimum atomic E-state index is -0.0194. The highest BCUT2D eigenvalue weighted by Gasteiger charge is 2.18. The standard InChI is InChI=1S/C21H25NO.2C16H23NO.C15H19Cl2NO/c1-16(21(23)17(2)15-22(3)4)14-18-10-12-20(13-11-18)19-8-6-5-7-9-19;1-12-6-8-15(9-7-12)10-13(2)16(18)14(3)11-17(4)5;1-12-7-6-8-15(9-12)10-13(2)16(18)14(3)11-17(4)5;1-10(15(19)11(2)9-18(3)4)7-12-5-6-13(16)14(17)8-12/h5-14,17H,15H2,1-4H3;2*6-10,14H,11H2,1-5H3;5-8,11H,9H2,1-4H3/b16-14+;2*13-10+;10-7+. The van der Waals surface area contributed by atoms with Gasteiger partial charge in [-0.15, -0.1) is 0 Å². The van der Waals surface area contributed by atoms with Crippen molar-refractivity contribution >= 4 is 70.6 Å². The Hall–Kier alpha value is -5.84. The van der Waals surface area contributed by atoms with Gasteiger partial charge in [0.1, 0.15) is 0 Å². The molecule has 0 amide bonds. The van der Waals surface area contributed by atoms with Gasteiger partial charge in [0.25, 0.3) is 0 Å². The second kappa shape index (κ2) is 34.9. The summed E-state index contributed by atoms with van der Waals surface area (Å²) in [4.78, 5) is 57.0. The summed E-state index contributed by atoms with van der Waals surface area (Å²) in [5.74, 6) is 0.904. The first kappa shape index (κ1) is 68.3. The number of aryl methyl sites for hydroxylation is 2. The first-order valence-corrected chi connectivity index (χ1v) is 27.6. The van der Waals surface area contributed by atoms with E-state index in [0.29, 0.717) is 10.0 Å². The Morgan fingerprint density at radius 3 is 1.04 bits per heavy atom. The fourth-order valence-corrected chi connectivity index (χ4v) is 9.10. The highest BCUT2D eigenvalue weighted by molar-refractivity contribution is 6.42. The lowest BCUT2D eigenvalue weighted by molar-refractivity contribution is -0.119. The van der Waals surface area contributed by atoms with Crippen LogP contribution >= 0.6 is 23.2 Å². The third-order valence-corrected chi connectivity index (χ3v) is 13.3. The van der Waals surface area contributed by atoms with Gasteiger partial charge in [0, 0.05) is 49.9 Å². The van der Waals surface area contributed by atoms with Crippen molar-refractivity contribution in [3.05, 3.63) is 187 Å². The Labute approximate surface area is 480 Å². The fourth-order valence-electron chi connectivity index (χ4n) is 8.79. The van der Waals surface area contributed by atoms with Gasteiger partial charge in [-0.3, -0.25) is 19.2 Å². The van der Waals surface area contributed by atoms with Crippen LogP contribution in [-0.2, 0) is 19.2 Å². The van der Waals surface area contributed by atoms with E-state index in [1.54, 1.807) is 12.1 Å². The summed E-state index contributed by atoms with van der Waals surface area (Å²) in [6, 6.07) is 40.4. The predicted octanol–water partition coefficient (Wildman–Crippen LogP) is 15.0. The summed E-state index contributed by atoms with van der Waals surface area (Å²) in [6.45, 7) is 22.6. The summed E-state index contributed by atoms with van der Waals surface area (Å²) in [5, 5.41) is 1.01. The van der Waals surface area contributed by atoms with Crippen molar-refractivity contribution in [2.75, 3.05) is 82.6 Å². The van der Waals surface area contributed by atoms with Gasteiger partial charge in [-0.05, 0) is 190 Å². The van der Waals surface area contributed by atoms with E-state index in [9.17, 15) is 19.2 Å². The van der Waals surface area contributed by atoms with E-state index in [1.165, 1.54) is 22.3 Å². The largest absolute Gasteiger partial charge is 0.309 e. The number of ketones is 4. The van der Waals surface area contributed by atoms with Gasteiger partial charge < -0.3 is 19.6 Å². The molecule has 0 saturated heterocycles. The Balaban J connectivity index is 0.000000358. The number of benzene rings is 5. The molecule has 0 bridgehead atoms. The molecule has 10 heteroatoms. The topological polar surface area (TPSA) is 81.2 Å². The van der Waals surface area contributed by atoms with Crippen LogP contribution in [0.5, 0.6) is 0 Å². The van der Waals surface area contributed by atoms with E-state index < -0.39 is 0 Å². The maximum Gasteiger partial charge on any atom is 0.162 e. The Morgan fingerprint density at radius 2 is 0.692 bits per heavy atom. The second-order valence-electron chi connectivity index (χ2n) is 21.9. The first-order valence-electron chi connectivity index (χ1n) is 26.8. The highest BCUT2D eigenvalue weighted by Crippen LogP contribution is 2.25. The molecule has 78 heavy (non-hydrogen) atoms. The Kier molecular flexibility index (Phi) is 30.6. The summed E-state index contributed by atoms with van der Waals surface area (Å²) < 4.78 is 0. The number of allylic oxidation sites excluding steroid dienone is 4. The summed E-state index contributed by atoms with van der Waals surface area (Å²) >= 11 is 11.8. The summed E-state index contributed by atoms with van der Waals surface area (Å²) in [7, 11) is 15.9. The molecule has 8 nitrogen and oxygen atoms in total. The molecule has 5 rings (SSSR count). The zero-order valence-corrected chi connectivity index (χ0v) is 51.7. The smallest absolute Gasteiger partial charge is 0.162 e. The van der Waals surface area contributed by atoms with Gasteiger partial charge in [0.2, 0.25) is 0 Å². The molecule has 5 aromatic carbocycles. The highest BCUT2D eigenvalue weighted by atomic mass is 35.5. The summed E-state index contributed by atoms with van der Waals surface area (Å²) in [6.07, 6.45) is 7.76. The molecule has 0 saturated carbocycles. The fraction of sp³-hybridized carbons (Fsp3) is 0.382. The minimum Gasteiger partial charge on any atom is -0.309 e. The molecule has 0 aliphatic carbocycles. The van der Waals surface area contributed by atoms with Crippen molar-refractivity contribution in [1.82, 2.24) is 19.6 Å². The Morgan fingerprint density at radius 1 is 0.372 bits per heavy atom. The number of carbonyl (C=O) groups excluding carboxylic acids is 4. The average molecular weight is 1100 g/mol. The van der Waals surface area contributed by atoms with E-state index in [0.717, 1.165) is 70.7 Å². The number of halogens is 2. The van der Waals surface area contributed by atoms with Gasteiger partial charge in [0.15, 0.2) is 23.1 Å². The normalized spacial score (nSPS) is 13.6.